The number of nitrogens with zero attached hydrogens (tertiary/aromatic N) is 4. The summed E-state index contributed by atoms with van der Waals surface area (Å²) in [6, 6.07) is 12.1. The Balaban J connectivity index is 1.23. The highest BCUT2D eigenvalue weighted by Crippen LogP contribution is 2.28. The third-order valence-electron chi connectivity index (χ3n) is 6.12. The van der Waals surface area contributed by atoms with Gasteiger partial charge in [0.1, 0.15) is 23.1 Å². The molecule has 9 heteroatoms. The maximum atomic E-state index is 14.0. The summed E-state index contributed by atoms with van der Waals surface area (Å²) < 4.78 is 21.8. The Kier molecular flexibility index (Phi) is 6.69. The second-order valence-corrected chi connectivity index (χ2v) is 10.0. The average molecular weight is 511 g/mol. The first-order valence-electron chi connectivity index (χ1n) is 11.3. The smallest absolute Gasteiger partial charge is 0.214 e. The Bertz CT molecular complexity index is 1440. The molecule has 0 saturated heterocycles. The fraction of sp³-hybridized carbons (Fsp3) is 0.269. The topological polar surface area (TPSA) is 60.3 Å². The van der Waals surface area contributed by atoms with Crippen LogP contribution in [0.25, 0.3) is 15.9 Å². The predicted molar refractivity (Wildman–Crippen MR) is 136 cm³/mol. The minimum Gasteiger partial charge on any atom is -0.473 e. The van der Waals surface area contributed by atoms with Crippen LogP contribution in [0, 0.1) is 5.82 Å². The molecule has 0 atom stereocenters. The van der Waals surface area contributed by atoms with Crippen molar-refractivity contribution in [1.29, 1.82) is 0 Å². The Morgan fingerprint density at radius 2 is 2.09 bits per heavy atom. The van der Waals surface area contributed by atoms with Crippen molar-refractivity contribution in [3.05, 3.63) is 81.3 Å². The molecule has 4 aromatic rings. The molecular weight excluding hydrogens is 487 g/mol. The van der Waals surface area contributed by atoms with Gasteiger partial charge in [-0.15, -0.1) is 11.3 Å². The number of pyridine rings is 1. The highest BCUT2D eigenvalue weighted by atomic mass is 35.5. The highest BCUT2D eigenvalue weighted by molar-refractivity contribution is 7.20. The van der Waals surface area contributed by atoms with Crippen molar-refractivity contribution in [2.75, 3.05) is 13.1 Å². The number of ketones is 1. The van der Waals surface area contributed by atoms with Crippen molar-refractivity contribution >= 4 is 44.6 Å². The van der Waals surface area contributed by atoms with Crippen LogP contribution in [0.5, 0.6) is 5.88 Å². The lowest BCUT2D eigenvalue weighted by Gasteiger charge is -2.25. The number of imidazole rings is 1. The first kappa shape index (κ1) is 23.7. The molecule has 0 saturated carbocycles. The van der Waals surface area contributed by atoms with Crippen LogP contribution in [-0.4, -0.2) is 38.3 Å². The van der Waals surface area contributed by atoms with E-state index in [4.69, 9.17) is 21.3 Å². The molecule has 180 valence electrons. The highest BCUT2D eigenvalue weighted by Gasteiger charge is 2.19. The number of hydrogen-bond donors (Lipinski definition) is 0. The number of rotatable bonds is 7. The fourth-order valence-corrected chi connectivity index (χ4v) is 5.22. The number of Topliss-reactive ketones (excluding diaryl/α,β-unsaturated/α-hetero) is 1. The maximum absolute atomic E-state index is 14.0. The zero-order chi connectivity index (χ0) is 24.5. The number of fused-ring (bicyclic) bond motifs is 1. The van der Waals surface area contributed by atoms with Crippen LogP contribution in [0.4, 0.5) is 4.39 Å². The summed E-state index contributed by atoms with van der Waals surface area (Å²) in [5, 5.41) is 0.356. The first-order chi connectivity index (χ1) is 16.9. The summed E-state index contributed by atoms with van der Waals surface area (Å²) in [7, 11) is 2.00. The van der Waals surface area contributed by atoms with Gasteiger partial charge in [0, 0.05) is 36.8 Å². The number of carbonyl (C=O) groups is 1. The quantitative estimate of drug-likeness (QED) is 0.290. The van der Waals surface area contributed by atoms with E-state index in [-0.39, 0.29) is 12.4 Å². The minimum atomic E-state index is -0.393. The van der Waals surface area contributed by atoms with Gasteiger partial charge in [0.2, 0.25) is 5.88 Å². The van der Waals surface area contributed by atoms with E-state index in [1.165, 1.54) is 17.4 Å². The van der Waals surface area contributed by atoms with Crippen LogP contribution in [0.1, 0.15) is 40.1 Å². The Morgan fingerprint density at radius 1 is 1.23 bits per heavy atom. The minimum absolute atomic E-state index is 0.0727. The van der Waals surface area contributed by atoms with E-state index < -0.39 is 5.82 Å². The van der Waals surface area contributed by atoms with Gasteiger partial charge in [-0.05, 0) is 43.2 Å². The summed E-state index contributed by atoms with van der Waals surface area (Å²) in [5.41, 5.74) is 3.47. The molecule has 1 aliphatic heterocycles. The van der Waals surface area contributed by atoms with E-state index in [1.54, 1.807) is 25.1 Å². The molecule has 5 rings (SSSR count). The molecule has 0 radical (unpaired) electrons. The van der Waals surface area contributed by atoms with Gasteiger partial charge in [-0.25, -0.2) is 14.4 Å². The second-order valence-electron chi connectivity index (χ2n) is 8.54. The van der Waals surface area contributed by atoms with Crippen molar-refractivity contribution in [2.45, 2.75) is 26.5 Å². The van der Waals surface area contributed by atoms with Gasteiger partial charge in [0.15, 0.2) is 5.78 Å². The molecule has 35 heavy (non-hydrogen) atoms. The van der Waals surface area contributed by atoms with Crippen LogP contribution in [0.3, 0.4) is 0 Å². The molecule has 1 aromatic carbocycles. The van der Waals surface area contributed by atoms with Gasteiger partial charge in [0.25, 0.3) is 0 Å². The number of benzene rings is 1. The SMILES string of the molecule is CC(=O)c1cc2c(nc(CN3CC=C(c4cccc(OCc5ccc(Cl)cc5F)n4)CC3)n2C)s1. The van der Waals surface area contributed by atoms with Crippen molar-refractivity contribution < 1.29 is 13.9 Å². The van der Waals surface area contributed by atoms with Gasteiger partial charge in [-0.2, -0.15) is 0 Å². The zero-order valence-electron chi connectivity index (χ0n) is 19.4. The fourth-order valence-electron chi connectivity index (χ4n) is 4.09. The number of carbonyl (C=O) groups excluding carboxylic acids is 1. The van der Waals surface area contributed by atoms with Crippen molar-refractivity contribution in [1.82, 2.24) is 19.4 Å². The molecule has 1 aliphatic rings. The molecule has 0 unspecified atom stereocenters. The lowest BCUT2D eigenvalue weighted by molar-refractivity contribution is 0.102. The normalized spacial score (nSPS) is 14.3. The zero-order valence-corrected chi connectivity index (χ0v) is 21.0. The van der Waals surface area contributed by atoms with Crippen molar-refractivity contribution in [3.63, 3.8) is 0 Å². The van der Waals surface area contributed by atoms with E-state index in [2.05, 4.69) is 20.5 Å². The summed E-state index contributed by atoms with van der Waals surface area (Å²) >= 11 is 7.26. The van der Waals surface area contributed by atoms with Crippen molar-refractivity contribution in [2.24, 2.45) is 7.05 Å². The molecule has 0 bridgehead atoms. The number of thiophene rings is 1. The van der Waals surface area contributed by atoms with Crippen LogP contribution in [-0.2, 0) is 20.2 Å². The Hall–Kier alpha value is -3.07. The summed E-state index contributed by atoms with van der Waals surface area (Å²) in [6.07, 6.45) is 3.04. The lowest BCUT2D eigenvalue weighted by Crippen LogP contribution is -2.29. The number of hydrogen-bond acceptors (Lipinski definition) is 6. The van der Waals surface area contributed by atoms with E-state index in [0.717, 1.165) is 58.4 Å². The molecule has 0 fully saturated rings. The third kappa shape index (κ3) is 5.15. The Morgan fingerprint density at radius 3 is 2.80 bits per heavy atom. The molecule has 0 aliphatic carbocycles. The summed E-state index contributed by atoms with van der Waals surface area (Å²) in [5.74, 6) is 1.12. The summed E-state index contributed by atoms with van der Waals surface area (Å²) in [4.78, 5) is 25.0. The van der Waals surface area contributed by atoms with Gasteiger partial charge in [-0.3, -0.25) is 9.69 Å². The molecule has 0 amide bonds. The largest absolute Gasteiger partial charge is 0.473 e. The molecule has 0 N–H and O–H groups in total. The first-order valence-corrected chi connectivity index (χ1v) is 12.5. The van der Waals surface area contributed by atoms with E-state index in [1.807, 2.05) is 25.2 Å². The Labute approximate surface area is 211 Å². The van der Waals surface area contributed by atoms with Crippen LogP contribution in [0.2, 0.25) is 5.02 Å². The molecular formula is C26H24ClFN4O2S. The van der Waals surface area contributed by atoms with Crippen molar-refractivity contribution in [3.8, 4) is 5.88 Å². The van der Waals surface area contributed by atoms with Crippen LogP contribution < -0.4 is 4.74 Å². The van der Waals surface area contributed by atoms with Crippen LogP contribution >= 0.6 is 22.9 Å². The van der Waals surface area contributed by atoms with E-state index in [0.29, 0.717) is 16.5 Å². The van der Waals surface area contributed by atoms with Gasteiger partial charge < -0.3 is 9.30 Å². The molecule has 4 heterocycles. The predicted octanol–water partition coefficient (Wildman–Crippen LogP) is 5.89. The van der Waals surface area contributed by atoms with E-state index in [9.17, 15) is 9.18 Å². The molecule has 6 nitrogen and oxygen atoms in total. The van der Waals surface area contributed by atoms with E-state index >= 15 is 0 Å². The van der Waals surface area contributed by atoms with Gasteiger partial charge in [0.05, 0.1) is 22.6 Å². The average Bonchev–Trinajstić information content (AvgIpc) is 3.39. The van der Waals surface area contributed by atoms with Gasteiger partial charge >= 0.3 is 0 Å². The maximum Gasteiger partial charge on any atom is 0.214 e. The molecule has 0 spiro atoms. The van der Waals surface area contributed by atoms with Gasteiger partial charge in [-0.1, -0.05) is 29.8 Å². The molecule has 3 aromatic heterocycles. The standard InChI is InChI=1S/C26H24ClFN4O2S/c1-16(33)23-13-22-26(35-23)30-24(31(22)2)14-32-10-8-17(9-11-32)21-4-3-5-25(29-21)34-15-18-6-7-19(27)12-20(18)28/h3-8,12-13H,9-11,14-15H2,1-2H3. The number of aromatic nitrogens is 3. The number of aryl methyl sites for hydroxylation is 1. The summed E-state index contributed by atoms with van der Waals surface area (Å²) in [6.45, 7) is 4.08. The number of ether oxygens (including phenoxy) is 1. The number of halogens is 2. The lowest BCUT2D eigenvalue weighted by atomic mass is 10.0. The second kappa shape index (κ2) is 9.89. The third-order valence-corrected chi connectivity index (χ3v) is 7.48. The monoisotopic (exact) mass is 510 g/mol. The van der Waals surface area contributed by atoms with Crippen LogP contribution in [0.15, 0.2) is 48.5 Å².